The first kappa shape index (κ1) is 20.2. The molecule has 1 aromatic rings. The molecule has 1 saturated heterocycles. The molecule has 2 amide bonds. The molecule has 0 radical (unpaired) electrons. The van der Waals surface area contributed by atoms with Crippen LogP contribution < -0.4 is 0 Å². The van der Waals surface area contributed by atoms with E-state index in [1.165, 1.54) is 23.9 Å². The Morgan fingerprint density at radius 1 is 1.08 bits per heavy atom. The van der Waals surface area contributed by atoms with Crippen LogP contribution in [0.2, 0.25) is 0 Å². The van der Waals surface area contributed by atoms with Crippen LogP contribution in [0.15, 0.2) is 29.2 Å². The Morgan fingerprint density at radius 2 is 1.58 bits per heavy atom. The summed E-state index contributed by atoms with van der Waals surface area (Å²) in [4.78, 5) is 39.6. The molecule has 0 N–H and O–H groups in total. The molecule has 0 aliphatic carbocycles. The van der Waals surface area contributed by atoms with Gasteiger partial charge in [-0.05, 0) is 19.1 Å². The third kappa shape index (κ3) is 4.97. The molecule has 142 valence electrons. The summed E-state index contributed by atoms with van der Waals surface area (Å²) in [7, 11) is 0. The Hall–Kier alpha value is -2.09. The highest BCUT2D eigenvalue weighted by Crippen LogP contribution is 2.27. The average molecular weight is 379 g/mol. The fourth-order valence-electron chi connectivity index (χ4n) is 2.76. The molecule has 1 unspecified atom stereocenters. The third-order valence-electron chi connectivity index (χ3n) is 4.23. The van der Waals surface area contributed by atoms with E-state index in [0.29, 0.717) is 26.2 Å². The molecule has 0 spiro atoms. The van der Waals surface area contributed by atoms with Gasteiger partial charge < -0.3 is 9.80 Å². The Balaban J connectivity index is 1.89. The topological polar surface area (TPSA) is 83.8 Å². The summed E-state index contributed by atoms with van der Waals surface area (Å²) >= 11 is 1.38. The minimum atomic E-state index is -0.443. The van der Waals surface area contributed by atoms with Gasteiger partial charge in [-0.3, -0.25) is 19.7 Å². The normalized spacial score (nSPS) is 16.3. The molecule has 2 rings (SSSR count). The summed E-state index contributed by atoms with van der Waals surface area (Å²) in [5, 5.41) is 10.4. The Bertz CT molecular complexity index is 677. The zero-order chi connectivity index (χ0) is 19.5. The first-order chi connectivity index (χ1) is 12.1. The number of hydrogen-bond donors (Lipinski definition) is 0. The molecule has 8 heteroatoms. The maximum absolute atomic E-state index is 12.6. The van der Waals surface area contributed by atoms with Gasteiger partial charge in [0.2, 0.25) is 11.8 Å². The molecular formula is C18H25N3O4S. The number of nitro benzene ring substituents is 1. The molecular weight excluding hydrogens is 354 g/mol. The maximum Gasteiger partial charge on any atom is 0.269 e. The molecule has 0 bridgehead atoms. The number of piperazine rings is 1. The van der Waals surface area contributed by atoms with Crippen molar-refractivity contribution in [3.05, 3.63) is 34.4 Å². The molecule has 7 nitrogen and oxygen atoms in total. The van der Waals surface area contributed by atoms with Crippen molar-refractivity contribution in [2.75, 3.05) is 26.2 Å². The number of benzene rings is 1. The predicted molar refractivity (Wildman–Crippen MR) is 101 cm³/mol. The summed E-state index contributed by atoms with van der Waals surface area (Å²) in [6.45, 7) is 9.70. The average Bonchev–Trinajstić information content (AvgIpc) is 2.60. The maximum atomic E-state index is 12.6. The van der Waals surface area contributed by atoms with E-state index in [1.54, 1.807) is 17.0 Å². The van der Waals surface area contributed by atoms with Crippen LogP contribution in [0.3, 0.4) is 0 Å². The number of rotatable bonds is 4. The van der Waals surface area contributed by atoms with E-state index >= 15 is 0 Å². The molecule has 26 heavy (non-hydrogen) atoms. The SMILES string of the molecule is CC(Sc1ccc([N+](=O)[O-])cc1)C(=O)N1CCN(C(=O)C(C)(C)C)CC1. The van der Waals surface area contributed by atoms with Gasteiger partial charge >= 0.3 is 0 Å². The number of carbonyl (C=O) groups excluding carboxylic acids is 2. The lowest BCUT2D eigenvalue weighted by Crippen LogP contribution is -2.54. The first-order valence-electron chi connectivity index (χ1n) is 8.59. The molecule has 1 atom stereocenters. The summed E-state index contributed by atoms with van der Waals surface area (Å²) in [6, 6.07) is 6.20. The molecule has 1 heterocycles. The number of hydrogen-bond acceptors (Lipinski definition) is 5. The van der Waals surface area contributed by atoms with Gasteiger partial charge in [-0.15, -0.1) is 11.8 Å². The number of carbonyl (C=O) groups is 2. The molecule has 0 saturated carbocycles. The molecule has 1 aromatic carbocycles. The van der Waals surface area contributed by atoms with Gasteiger partial charge in [0.25, 0.3) is 5.69 Å². The van der Waals surface area contributed by atoms with Crippen LogP contribution in [-0.2, 0) is 9.59 Å². The standard InChI is InChI=1S/C18H25N3O4S/c1-13(26-15-7-5-14(6-8-15)21(24)25)16(22)19-9-11-20(12-10-19)17(23)18(2,3)4/h5-8,13H,9-12H2,1-4H3. The summed E-state index contributed by atoms with van der Waals surface area (Å²) in [6.07, 6.45) is 0. The number of non-ortho nitro benzene ring substituents is 1. The third-order valence-corrected chi connectivity index (χ3v) is 5.33. The minimum absolute atomic E-state index is 0.0243. The first-order valence-corrected chi connectivity index (χ1v) is 9.47. The lowest BCUT2D eigenvalue weighted by atomic mass is 9.94. The van der Waals surface area contributed by atoms with Crippen molar-refractivity contribution in [2.45, 2.75) is 37.8 Å². The van der Waals surface area contributed by atoms with Gasteiger partial charge in [-0.25, -0.2) is 0 Å². The van der Waals surface area contributed by atoms with Crippen LogP contribution in [0.5, 0.6) is 0 Å². The highest BCUT2D eigenvalue weighted by Gasteiger charge is 2.32. The van der Waals surface area contributed by atoms with Crippen molar-refractivity contribution in [1.29, 1.82) is 0 Å². The van der Waals surface area contributed by atoms with E-state index in [2.05, 4.69) is 0 Å². The minimum Gasteiger partial charge on any atom is -0.339 e. The number of nitrogens with zero attached hydrogens (tertiary/aromatic N) is 3. The quantitative estimate of drug-likeness (QED) is 0.456. The largest absolute Gasteiger partial charge is 0.339 e. The van der Waals surface area contributed by atoms with E-state index in [0.717, 1.165) is 4.90 Å². The van der Waals surface area contributed by atoms with E-state index in [9.17, 15) is 19.7 Å². The zero-order valence-corrected chi connectivity index (χ0v) is 16.4. The monoisotopic (exact) mass is 379 g/mol. The number of thioether (sulfide) groups is 1. The van der Waals surface area contributed by atoms with Gasteiger partial charge in [0.1, 0.15) is 0 Å². The van der Waals surface area contributed by atoms with Crippen LogP contribution in [-0.4, -0.2) is 58.0 Å². The second kappa shape index (κ2) is 8.07. The van der Waals surface area contributed by atoms with Gasteiger partial charge in [0.05, 0.1) is 10.2 Å². The van der Waals surface area contributed by atoms with Gasteiger partial charge in [0.15, 0.2) is 0 Å². The van der Waals surface area contributed by atoms with E-state index < -0.39 is 10.3 Å². The fraction of sp³-hybridized carbons (Fsp3) is 0.556. The second-order valence-electron chi connectivity index (χ2n) is 7.38. The van der Waals surface area contributed by atoms with E-state index in [1.807, 2.05) is 32.6 Å². The van der Waals surface area contributed by atoms with E-state index in [-0.39, 0.29) is 22.8 Å². The van der Waals surface area contributed by atoms with Crippen LogP contribution in [0, 0.1) is 15.5 Å². The zero-order valence-electron chi connectivity index (χ0n) is 15.6. The summed E-state index contributed by atoms with van der Waals surface area (Å²) in [5.41, 5.74) is -0.376. The second-order valence-corrected chi connectivity index (χ2v) is 8.79. The molecule has 1 fully saturated rings. The van der Waals surface area contributed by atoms with Crippen LogP contribution in [0.25, 0.3) is 0 Å². The lowest BCUT2D eigenvalue weighted by Gasteiger charge is -2.38. The molecule has 1 aliphatic rings. The predicted octanol–water partition coefficient (Wildman–Crippen LogP) is 2.79. The smallest absolute Gasteiger partial charge is 0.269 e. The number of amides is 2. The lowest BCUT2D eigenvalue weighted by molar-refractivity contribution is -0.384. The highest BCUT2D eigenvalue weighted by atomic mass is 32.2. The molecule has 1 aliphatic heterocycles. The Labute approximate surface area is 157 Å². The number of nitro groups is 1. The van der Waals surface area contributed by atoms with Crippen molar-refractivity contribution in [3.8, 4) is 0 Å². The highest BCUT2D eigenvalue weighted by molar-refractivity contribution is 8.00. The van der Waals surface area contributed by atoms with Crippen LogP contribution in [0.4, 0.5) is 5.69 Å². The van der Waals surface area contributed by atoms with Crippen molar-refractivity contribution < 1.29 is 14.5 Å². The van der Waals surface area contributed by atoms with Crippen LogP contribution in [0.1, 0.15) is 27.7 Å². The van der Waals surface area contributed by atoms with E-state index in [4.69, 9.17) is 0 Å². The molecule has 0 aromatic heterocycles. The van der Waals surface area contributed by atoms with Gasteiger partial charge in [-0.1, -0.05) is 20.8 Å². The fourth-order valence-corrected chi connectivity index (χ4v) is 3.71. The van der Waals surface area contributed by atoms with Crippen molar-refractivity contribution in [1.82, 2.24) is 9.80 Å². The Kier molecular flexibility index (Phi) is 6.28. The van der Waals surface area contributed by atoms with Gasteiger partial charge in [-0.2, -0.15) is 0 Å². The van der Waals surface area contributed by atoms with Crippen molar-refractivity contribution in [2.24, 2.45) is 5.41 Å². The summed E-state index contributed by atoms with van der Waals surface area (Å²) in [5.74, 6) is 0.133. The van der Waals surface area contributed by atoms with Crippen molar-refractivity contribution in [3.63, 3.8) is 0 Å². The van der Waals surface area contributed by atoms with Crippen molar-refractivity contribution >= 4 is 29.3 Å². The van der Waals surface area contributed by atoms with Gasteiger partial charge in [0, 0.05) is 48.6 Å². The Morgan fingerprint density at radius 3 is 2.04 bits per heavy atom. The summed E-state index contributed by atoms with van der Waals surface area (Å²) < 4.78 is 0. The van der Waals surface area contributed by atoms with Crippen LogP contribution >= 0.6 is 11.8 Å².